The maximum atomic E-state index is 14.4. The maximum Gasteiger partial charge on any atom is 0.235 e. The fourth-order valence-electron chi connectivity index (χ4n) is 7.31. The van der Waals surface area contributed by atoms with Gasteiger partial charge in [-0.05, 0) is 75.3 Å². The lowest BCUT2D eigenvalue weighted by molar-refractivity contribution is -0.143. The molecular weight excluding hydrogens is 434 g/mol. The van der Waals surface area contributed by atoms with Crippen LogP contribution < -0.4 is 9.64 Å². The molecule has 4 aliphatic carbocycles. The third-order valence-corrected chi connectivity index (χ3v) is 9.43. The molecule has 4 bridgehead atoms. The normalized spacial score (nSPS) is 31.2. The smallest absolute Gasteiger partial charge is 0.235 e. The highest BCUT2D eigenvalue weighted by molar-refractivity contribution is 7.22. The third kappa shape index (κ3) is 4.06. The van der Waals surface area contributed by atoms with Crippen molar-refractivity contribution in [2.75, 3.05) is 50.9 Å². The van der Waals surface area contributed by atoms with Crippen LogP contribution in [-0.2, 0) is 9.53 Å². The summed E-state index contributed by atoms with van der Waals surface area (Å²) in [5.41, 5.74) is 0.717. The molecule has 1 saturated heterocycles. The molecule has 2 aromatic rings. The van der Waals surface area contributed by atoms with Gasteiger partial charge < -0.3 is 9.47 Å². The highest BCUT2D eigenvalue weighted by Gasteiger charge is 2.56. The van der Waals surface area contributed by atoms with Crippen LogP contribution in [0.1, 0.15) is 45.4 Å². The number of fused-ring (bicyclic) bond motifs is 1. The van der Waals surface area contributed by atoms with E-state index in [1.54, 1.807) is 11.3 Å². The molecule has 33 heavy (non-hydrogen) atoms. The topological polar surface area (TPSA) is 54.9 Å². The number of hydrogen-bond acceptors (Lipinski definition) is 6. The number of benzene rings is 1. The molecule has 0 spiro atoms. The molecule has 1 aromatic heterocycles. The first kappa shape index (κ1) is 21.8. The van der Waals surface area contributed by atoms with Crippen LogP contribution in [0.5, 0.6) is 5.75 Å². The van der Waals surface area contributed by atoms with E-state index in [2.05, 4.69) is 15.9 Å². The summed E-state index contributed by atoms with van der Waals surface area (Å²) >= 11 is 1.64. The molecule has 6 nitrogen and oxygen atoms in total. The Morgan fingerprint density at radius 1 is 1.18 bits per heavy atom. The number of anilines is 1. The van der Waals surface area contributed by atoms with Gasteiger partial charge in [-0.25, -0.2) is 4.98 Å². The molecule has 7 rings (SSSR count). The van der Waals surface area contributed by atoms with Gasteiger partial charge in [0, 0.05) is 26.2 Å². The quantitative estimate of drug-likeness (QED) is 0.594. The van der Waals surface area contributed by atoms with Gasteiger partial charge in [0.2, 0.25) is 5.91 Å². The highest BCUT2D eigenvalue weighted by atomic mass is 32.1. The molecule has 1 aliphatic heterocycles. The number of thiazole rings is 1. The van der Waals surface area contributed by atoms with Crippen molar-refractivity contribution < 1.29 is 14.3 Å². The van der Waals surface area contributed by atoms with Crippen LogP contribution in [0, 0.1) is 23.2 Å². The summed E-state index contributed by atoms with van der Waals surface area (Å²) in [4.78, 5) is 23.9. The minimum Gasteiger partial charge on any atom is -0.492 e. The fourth-order valence-corrected chi connectivity index (χ4v) is 8.32. The Kier molecular flexibility index (Phi) is 5.83. The van der Waals surface area contributed by atoms with Crippen molar-refractivity contribution in [2.24, 2.45) is 23.2 Å². The molecule has 1 aromatic carbocycles. The van der Waals surface area contributed by atoms with Crippen molar-refractivity contribution >= 4 is 32.6 Å². The van der Waals surface area contributed by atoms with E-state index in [1.165, 1.54) is 19.3 Å². The van der Waals surface area contributed by atoms with E-state index in [1.807, 2.05) is 19.1 Å². The molecule has 0 unspecified atom stereocenters. The molecular formula is C26H35N3O3S. The summed E-state index contributed by atoms with van der Waals surface area (Å²) < 4.78 is 12.5. The van der Waals surface area contributed by atoms with Gasteiger partial charge in [-0.1, -0.05) is 17.4 Å². The molecule has 0 N–H and O–H groups in total. The number of nitrogens with zero attached hydrogens (tertiary/aromatic N) is 3. The number of rotatable bonds is 7. The van der Waals surface area contributed by atoms with Gasteiger partial charge in [-0.15, -0.1) is 0 Å². The van der Waals surface area contributed by atoms with Crippen LogP contribution in [0.4, 0.5) is 5.13 Å². The highest BCUT2D eigenvalue weighted by Crippen LogP contribution is 2.60. The second kappa shape index (κ2) is 8.82. The molecule has 0 atom stereocenters. The van der Waals surface area contributed by atoms with Gasteiger partial charge in [0.05, 0.1) is 29.9 Å². The minimum absolute atomic E-state index is 0.166. The largest absolute Gasteiger partial charge is 0.492 e. The molecule has 2 heterocycles. The number of ether oxygens (including phenoxy) is 2. The van der Waals surface area contributed by atoms with Crippen LogP contribution in [-0.4, -0.2) is 61.8 Å². The van der Waals surface area contributed by atoms with Crippen LogP contribution >= 0.6 is 11.3 Å². The number of morpholine rings is 1. The van der Waals surface area contributed by atoms with Gasteiger partial charge in [-0.2, -0.15) is 0 Å². The third-order valence-electron chi connectivity index (χ3n) is 8.38. The zero-order valence-corrected chi connectivity index (χ0v) is 20.4. The zero-order chi connectivity index (χ0) is 22.4. The summed E-state index contributed by atoms with van der Waals surface area (Å²) in [5, 5.41) is 0.839. The summed E-state index contributed by atoms with van der Waals surface area (Å²) in [6, 6.07) is 6.09. The predicted molar refractivity (Wildman–Crippen MR) is 131 cm³/mol. The number of aromatic nitrogens is 1. The van der Waals surface area contributed by atoms with E-state index in [0.717, 1.165) is 91.0 Å². The van der Waals surface area contributed by atoms with Gasteiger partial charge in [0.25, 0.3) is 0 Å². The summed E-state index contributed by atoms with van der Waals surface area (Å²) in [5.74, 6) is 3.41. The summed E-state index contributed by atoms with van der Waals surface area (Å²) in [7, 11) is 0. The first-order valence-corrected chi connectivity index (χ1v) is 13.6. The minimum atomic E-state index is -0.166. The number of hydrogen-bond donors (Lipinski definition) is 0. The average molecular weight is 470 g/mol. The van der Waals surface area contributed by atoms with Crippen molar-refractivity contribution in [3.05, 3.63) is 18.2 Å². The number of carbonyl (C=O) groups is 1. The van der Waals surface area contributed by atoms with Gasteiger partial charge in [0.15, 0.2) is 5.13 Å². The summed E-state index contributed by atoms with van der Waals surface area (Å²) in [6.45, 7) is 7.61. The Hall–Kier alpha value is -1.70. The molecule has 7 heteroatoms. The monoisotopic (exact) mass is 469 g/mol. The van der Waals surface area contributed by atoms with E-state index in [0.29, 0.717) is 19.1 Å². The van der Waals surface area contributed by atoms with E-state index in [-0.39, 0.29) is 5.41 Å². The fraction of sp³-hybridized carbons (Fsp3) is 0.692. The van der Waals surface area contributed by atoms with Crippen molar-refractivity contribution in [1.29, 1.82) is 0 Å². The van der Waals surface area contributed by atoms with E-state index >= 15 is 0 Å². The Labute approximate surface area is 200 Å². The molecule has 5 fully saturated rings. The van der Waals surface area contributed by atoms with Crippen molar-refractivity contribution in [2.45, 2.75) is 45.4 Å². The van der Waals surface area contributed by atoms with E-state index in [4.69, 9.17) is 14.5 Å². The Morgan fingerprint density at radius 3 is 2.55 bits per heavy atom. The predicted octanol–water partition coefficient (Wildman–Crippen LogP) is 4.58. The van der Waals surface area contributed by atoms with Crippen LogP contribution in [0.3, 0.4) is 0 Å². The van der Waals surface area contributed by atoms with E-state index < -0.39 is 0 Å². The Morgan fingerprint density at radius 2 is 1.88 bits per heavy atom. The van der Waals surface area contributed by atoms with Gasteiger partial charge in [0.1, 0.15) is 11.3 Å². The first-order valence-electron chi connectivity index (χ1n) is 12.8. The van der Waals surface area contributed by atoms with E-state index in [9.17, 15) is 4.79 Å². The van der Waals surface area contributed by atoms with Crippen molar-refractivity contribution in [3.63, 3.8) is 0 Å². The lowest BCUT2D eigenvalue weighted by Gasteiger charge is -2.56. The van der Waals surface area contributed by atoms with Gasteiger partial charge in [-0.3, -0.25) is 14.6 Å². The van der Waals surface area contributed by atoms with Crippen LogP contribution in [0.25, 0.3) is 10.2 Å². The lowest BCUT2D eigenvalue weighted by atomic mass is 9.49. The zero-order valence-electron chi connectivity index (χ0n) is 19.6. The summed E-state index contributed by atoms with van der Waals surface area (Å²) in [6.07, 6.45) is 7.29. The molecule has 1 amide bonds. The van der Waals surface area contributed by atoms with Crippen LogP contribution in [0.2, 0.25) is 0 Å². The Bertz CT molecular complexity index is 980. The standard InChI is InChI=1S/C26H35N3O3S/c1-2-32-21-4-3-5-22-23(21)27-25(33-22)29(7-6-28-8-10-31-11-9-28)24(30)26-15-18-12-19(16-26)14-20(13-18)17-26/h3-5,18-20H,2,6-17H2,1H3. The average Bonchev–Trinajstić information content (AvgIpc) is 3.24. The Balaban J connectivity index is 1.32. The first-order chi connectivity index (χ1) is 16.1. The number of amides is 1. The maximum absolute atomic E-state index is 14.4. The lowest BCUT2D eigenvalue weighted by Crippen LogP contribution is -2.56. The van der Waals surface area contributed by atoms with Gasteiger partial charge >= 0.3 is 0 Å². The van der Waals surface area contributed by atoms with Crippen LogP contribution in [0.15, 0.2) is 18.2 Å². The number of para-hydroxylation sites is 1. The SMILES string of the molecule is CCOc1cccc2sc(N(CCN3CCOCC3)C(=O)C34CC5CC(CC(C5)C3)C4)nc12. The second-order valence-electron chi connectivity index (χ2n) is 10.6. The number of carbonyl (C=O) groups excluding carboxylic acids is 1. The second-order valence-corrected chi connectivity index (χ2v) is 11.7. The molecule has 178 valence electrons. The van der Waals surface area contributed by atoms with Crippen molar-refractivity contribution in [3.8, 4) is 5.75 Å². The molecule has 4 saturated carbocycles. The molecule has 5 aliphatic rings. The van der Waals surface area contributed by atoms with Crippen molar-refractivity contribution in [1.82, 2.24) is 9.88 Å². The molecule has 0 radical (unpaired) electrons.